The first kappa shape index (κ1) is 19.1. The Morgan fingerprint density at radius 3 is 2.79 bits per heavy atom. The van der Waals surface area contributed by atoms with E-state index >= 15 is 0 Å². The summed E-state index contributed by atoms with van der Waals surface area (Å²) >= 11 is 0. The van der Waals surface area contributed by atoms with Crippen LogP contribution in [0, 0.1) is 5.82 Å². The van der Waals surface area contributed by atoms with E-state index in [0.29, 0.717) is 24.3 Å². The lowest BCUT2D eigenvalue weighted by Crippen LogP contribution is -2.42. The van der Waals surface area contributed by atoms with E-state index in [9.17, 15) is 17.6 Å². The van der Waals surface area contributed by atoms with Crippen LogP contribution in [-0.2, 0) is 22.7 Å². The Hall–Kier alpha value is -2.22. The van der Waals surface area contributed by atoms with E-state index < -0.39 is 9.84 Å². The topological polar surface area (TPSA) is 72.3 Å². The highest BCUT2D eigenvalue weighted by molar-refractivity contribution is 7.91. The number of amides is 1. The molecular formula is C20H24FN3O3S. The Morgan fingerprint density at radius 1 is 1.32 bits per heavy atom. The molecule has 1 atom stereocenters. The second-order valence-electron chi connectivity index (χ2n) is 7.55. The highest BCUT2D eigenvalue weighted by Gasteiger charge is 2.37. The molecular weight excluding hydrogens is 381 g/mol. The molecule has 2 aromatic rings. The van der Waals surface area contributed by atoms with Crippen molar-refractivity contribution in [3.63, 3.8) is 0 Å². The van der Waals surface area contributed by atoms with Gasteiger partial charge in [-0.1, -0.05) is 19.1 Å². The molecule has 1 aromatic heterocycles. The fraction of sp³-hybridized carbons (Fsp3) is 0.500. The lowest BCUT2D eigenvalue weighted by Gasteiger charge is -2.27. The normalized spacial score (nSPS) is 20.3. The first-order chi connectivity index (χ1) is 13.4. The van der Waals surface area contributed by atoms with Crippen molar-refractivity contribution in [1.82, 2.24) is 14.7 Å². The molecule has 1 unspecified atom stereocenters. The number of aromatic nitrogens is 2. The van der Waals surface area contributed by atoms with E-state index in [-0.39, 0.29) is 29.3 Å². The van der Waals surface area contributed by atoms with Gasteiger partial charge in [-0.25, -0.2) is 17.5 Å². The molecule has 1 aliphatic heterocycles. The van der Waals surface area contributed by atoms with Crippen LogP contribution in [0.2, 0.25) is 0 Å². The molecule has 0 saturated carbocycles. The highest BCUT2D eigenvalue weighted by Crippen LogP contribution is 2.30. The first-order valence-corrected chi connectivity index (χ1v) is 11.6. The number of rotatable bonds is 5. The molecule has 1 fully saturated rings. The summed E-state index contributed by atoms with van der Waals surface area (Å²) in [7, 11) is -3.10. The van der Waals surface area contributed by atoms with Crippen LogP contribution in [-0.4, -0.2) is 53.1 Å². The maximum atomic E-state index is 14.3. The van der Waals surface area contributed by atoms with Crippen molar-refractivity contribution >= 4 is 15.7 Å². The van der Waals surface area contributed by atoms with Gasteiger partial charge in [-0.2, -0.15) is 5.10 Å². The zero-order valence-corrected chi connectivity index (χ0v) is 16.7. The summed E-state index contributed by atoms with van der Waals surface area (Å²) in [6.07, 6.45) is 3.57. The second-order valence-corrected chi connectivity index (χ2v) is 9.77. The third-order valence-corrected chi connectivity index (χ3v) is 7.34. The molecule has 0 radical (unpaired) electrons. The Morgan fingerprint density at radius 2 is 2.11 bits per heavy atom. The second kappa shape index (κ2) is 7.31. The van der Waals surface area contributed by atoms with E-state index in [1.54, 1.807) is 27.8 Å². The van der Waals surface area contributed by atoms with Gasteiger partial charge < -0.3 is 4.90 Å². The van der Waals surface area contributed by atoms with Crippen molar-refractivity contribution in [3.8, 4) is 5.69 Å². The molecule has 4 rings (SSSR count). The average molecular weight is 405 g/mol. The molecule has 1 saturated heterocycles. The Kier molecular flexibility index (Phi) is 4.99. The van der Waals surface area contributed by atoms with Crippen LogP contribution < -0.4 is 0 Å². The number of nitrogens with zero attached hydrogens (tertiary/aromatic N) is 3. The van der Waals surface area contributed by atoms with Gasteiger partial charge in [0.15, 0.2) is 15.5 Å². The van der Waals surface area contributed by atoms with Gasteiger partial charge in [-0.05, 0) is 44.2 Å². The van der Waals surface area contributed by atoms with E-state index in [4.69, 9.17) is 0 Å². The Balaban J connectivity index is 1.73. The molecule has 150 valence electrons. The number of fused-ring (bicyclic) bond motifs is 1. The van der Waals surface area contributed by atoms with Gasteiger partial charge in [0.05, 0.1) is 11.5 Å². The number of para-hydroxylation sites is 1. The summed E-state index contributed by atoms with van der Waals surface area (Å²) in [6, 6.07) is 6.09. The largest absolute Gasteiger partial charge is 0.333 e. The maximum Gasteiger partial charge on any atom is 0.274 e. The van der Waals surface area contributed by atoms with Crippen LogP contribution in [0.4, 0.5) is 4.39 Å². The summed E-state index contributed by atoms with van der Waals surface area (Å²) in [6.45, 7) is 2.45. The van der Waals surface area contributed by atoms with Crippen LogP contribution in [0.15, 0.2) is 24.3 Å². The molecule has 1 aromatic carbocycles. The number of carbonyl (C=O) groups is 1. The van der Waals surface area contributed by atoms with Crippen molar-refractivity contribution < 1.29 is 17.6 Å². The van der Waals surface area contributed by atoms with Crippen molar-refractivity contribution in [3.05, 3.63) is 47.0 Å². The molecule has 28 heavy (non-hydrogen) atoms. The fourth-order valence-electron chi connectivity index (χ4n) is 4.28. The monoisotopic (exact) mass is 405 g/mol. The number of sulfone groups is 1. The molecule has 8 heteroatoms. The van der Waals surface area contributed by atoms with Gasteiger partial charge in [-0.15, -0.1) is 0 Å². The summed E-state index contributed by atoms with van der Waals surface area (Å²) in [5.74, 6) is -0.495. The number of hydrogen-bond acceptors (Lipinski definition) is 4. The molecule has 2 aliphatic rings. The van der Waals surface area contributed by atoms with E-state index in [2.05, 4.69) is 5.10 Å². The molecule has 0 N–H and O–H groups in total. The van der Waals surface area contributed by atoms with Crippen molar-refractivity contribution in [1.29, 1.82) is 0 Å². The zero-order valence-electron chi connectivity index (χ0n) is 15.9. The number of halogens is 1. The van der Waals surface area contributed by atoms with Gasteiger partial charge in [0.25, 0.3) is 5.91 Å². The van der Waals surface area contributed by atoms with Gasteiger partial charge in [0.1, 0.15) is 11.5 Å². The molecule has 1 amide bonds. The van der Waals surface area contributed by atoms with Crippen LogP contribution in [0.5, 0.6) is 0 Å². The van der Waals surface area contributed by atoms with E-state index in [1.807, 2.05) is 6.92 Å². The summed E-state index contributed by atoms with van der Waals surface area (Å²) in [5.41, 5.74) is 2.43. The minimum atomic E-state index is -3.10. The maximum absolute atomic E-state index is 14.3. The smallest absolute Gasteiger partial charge is 0.274 e. The number of benzene rings is 1. The third-order valence-electron chi connectivity index (χ3n) is 5.59. The van der Waals surface area contributed by atoms with Crippen molar-refractivity contribution in [2.75, 3.05) is 18.1 Å². The van der Waals surface area contributed by atoms with E-state index in [1.165, 1.54) is 6.07 Å². The van der Waals surface area contributed by atoms with Crippen LogP contribution in [0.1, 0.15) is 47.9 Å². The predicted octanol–water partition coefficient (Wildman–Crippen LogP) is 2.54. The predicted molar refractivity (Wildman–Crippen MR) is 104 cm³/mol. The first-order valence-electron chi connectivity index (χ1n) is 9.78. The molecule has 2 heterocycles. The minimum Gasteiger partial charge on any atom is -0.333 e. The van der Waals surface area contributed by atoms with Crippen molar-refractivity contribution in [2.45, 2.75) is 45.1 Å². The summed E-state index contributed by atoms with van der Waals surface area (Å²) < 4.78 is 39.7. The standard InChI is InChI=1S/C20H24FN3O3S/c1-2-11-23(14-10-12-28(26,27)13-14)20(25)19-15-6-5-9-17(15)24(22-19)18-8-4-3-7-16(18)21/h3-4,7-8,14H,2,5-6,9-13H2,1H3. The average Bonchev–Trinajstić information content (AvgIpc) is 3.35. The molecule has 0 spiro atoms. The Labute approximate surface area is 164 Å². The summed E-state index contributed by atoms with van der Waals surface area (Å²) in [5, 5.41) is 4.51. The number of hydrogen-bond donors (Lipinski definition) is 0. The quantitative estimate of drug-likeness (QED) is 0.766. The molecule has 1 aliphatic carbocycles. The fourth-order valence-corrected chi connectivity index (χ4v) is 6.01. The lowest BCUT2D eigenvalue weighted by atomic mass is 10.1. The van der Waals surface area contributed by atoms with Crippen molar-refractivity contribution in [2.24, 2.45) is 0 Å². The molecule has 0 bridgehead atoms. The van der Waals surface area contributed by atoms with E-state index in [0.717, 1.165) is 36.9 Å². The summed E-state index contributed by atoms with van der Waals surface area (Å²) in [4.78, 5) is 15.0. The zero-order chi connectivity index (χ0) is 19.9. The Bertz CT molecular complexity index is 1020. The lowest BCUT2D eigenvalue weighted by molar-refractivity contribution is 0.0689. The van der Waals surface area contributed by atoms with Crippen LogP contribution >= 0.6 is 0 Å². The number of carbonyl (C=O) groups excluding carboxylic acids is 1. The van der Waals surface area contributed by atoms with Crippen LogP contribution in [0.25, 0.3) is 5.69 Å². The van der Waals surface area contributed by atoms with Gasteiger partial charge in [0.2, 0.25) is 0 Å². The SMILES string of the molecule is CCCN(C(=O)c1nn(-c2ccccc2F)c2c1CCC2)C1CCS(=O)(=O)C1. The molecule has 6 nitrogen and oxygen atoms in total. The highest BCUT2D eigenvalue weighted by atomic mass is 32.2. The third kappa shape index (κ3) is 3.34. The minimum absolute atomic E-state index is 0.00888. The van der Waals surface area contributed by atoms with Gasteiger partial charge >= 0.3 is 0 Å². The van der Waals surface area contributed by atoms with Gasteiger partial charge in [-0.3, -0.25) is 4.79 Å². The van der Waals surface area contributed by atoms with Crippen LogP contribution in [0.3, 0.4) is 0 Å². The van der Waals surface area contributed by atoms with Gasteiger partial charge in [0, 0.05) is 23.8 Å².